The quantitative estimate of drug-likeness (QED) is 0.219. The van der Waals surface area contributed by atoms with Gasteiger partial charge in [0.15, 0.2) is 5.75 Å². The van der Waals surface area contributed by atoms with Crippen molar-refractivity contribution in [1.29, 1.82) is 0 Å². The molecule has 5 rings (SSSR count). The van der Waals surface area contributed by atoms with Gasteiger partial charge in [0.25, 0.3) is 5.91 Å². The monoisotopic (exact) mass is 815 g/mol. The Kier molecular flexibility index (Phi) is 7.32. The van der Waals surface area contributed by atoms with E-state index in [-0.39, 0.29) is 11.7 Å². The van der Waals surface area contributed by atoms with Crippen LogP contribution in [0.1, 0.15) is 32.7 Å². The van der Waals surface area contributed by atoms with E-state index in [1.165, 1.54) is 0 Å². The highest BCUT2D eigenvalue weighted by Gasteiger charge is 2.29. The Morgan fingerprint density at radius 1 is 1.14 bits per heavy atom. The van der Waals surface area contributed by atoms with E-state index in [0.717, 1.165) is 45.5 Å². The van der Waals surface area contributed by atoms with Crippen molar-refractivity contribution < 1.29 is 14.6 Å². The van der Waals surface area contributed by atoms with Gasteiger partial charge in [-0.3, -0.25) is 4.79 Å². The number of aromatic hydroxyl groups is 1. The summed E-state index contributed by atoms with van der Waals surface area (Å²) in [7, 11) is 0. The number of hydrogen-bond acceptors (Lipinski definition) is 4. The predicted molar refractivity (Wildman–Crippen MR) is 165 cm³/mol. The van der Waals surface area contributed by atoms with Crippen LogP contribution in [0.3, 0.4) is 0 Å². The average Bonchev–Trinajstić information content (AvgIpc) is 3.39. The van der Waals surface area contributed by atoms with Gasteiger partial charge in [-0.05, 0) is 109 Å². The molecule has 0 bridgehead atoms. The number of hydrogen-bond donors (Lipinski definition) is 3. The lowest BCUT2D eigenvalue weighted by Gasteiger charge is -2.25. The van der Waals surface area contributed by atoms with Crippen LogP contribution in [-0.4, -0.2) is 27.5 Å². The molecule has 36 heavy (non-hydrogen) atoms. The van der Waals surface area contributed by atoms with Crippen molar-refractivity contribution >= 4 is 85.8 Å². The van der Waals surface area contributed by atoms with Gasteiger partial charge >= 0.3 is 0 Å². The number of phenolic OH excluding ortho intramolecular Hbond substituents is 1. The van der Waals surface area contributed by atoms with Gasteiger partial charge in [0.05, 0.1) is 13.5 Å². The number of carbonyl (C=O) groups excluding carboxylic acids is 1. The zero-order valence-electron chi connectivity index (χ0n) is 19.1. The third-order valence-corrected chi connectivity index (χ3v) is 9.18. The summed E-state index contributed by atoms with van der Waals surface area (Å²) in [6.07, 6.45) is 4.04. The third kappa shape index (κ3) is 4.53. The molecule has 2 heterocycles. The maximum absolute atomic E-state index is 13.4. The molecule has 182 valence electrons. The lowest BCUT2D eigenvalue weighted by Crippen LogP contribution is -2.29. The highest BCUT2D eigenvalue weighted by molar-refractivity contribution is 14.1. The summed E-state index contributed by atoms with van der Waals surface area (Å²) < 4.78 is 8.96. The molecule has 1 amide bonds. The van der Waals surface area contributed by atoms with E-state index in [0.29, 0.717) is 33.6 Å². The molecule has 0 fully saturated rings. The van der Waals surface area contributed by atoms with E-state index in [4.69, 9.17) is 4.74 Å². The molecule has 4 aromatic rings. The van der Waals surface area contributed by atoms with Crippen LogP contribution < -0.4 is 20.5 Å². The van der Waals surface area contributed by atoms with Crippen molar-refractivity contribution in [2.75, 3.05) is 6.54 Å². The van der Waals surface area contributed by atoms with E-state index < -0.39 is 0 Å². The van der Waals surface area contributed by atoms with Crippen LogP contribution >= 0.6 is 67.8 Å². The maximum atomic E-state index is 13.4. The van der Waals surface area contributed by atoms with Crippen molar-refractivity contribution in [3.63, 3.8) is 0 Å². The van der Waals surface area contributed by atoms with Gasteiger partial charge in [-0.2, -0.15) is 0 Å². The molecule has 0 aliphatic carbocycles. The lowest BCUT2D eigenvalue weighted by atomic mass is 9.88. The number of benzene rings is 3. The summed E-state index contributed by atoms with van der Waals surface area (Å²) in [5.41, 5.74) is 4.79. The van der Waals surface area contributed by atoms with E-state index in [9.17, 15) is 9.90 Å². The SMILES string of the molecule is C=c1c(I)cc2c(c1I)Oc1c(cc(C)c(O)c1I)C=2c1ccccc1C(=O)NCCc1cnc[nH]1. The zero-order chi connectivity index (χ0) is 25.6. The molecule has 1 aromatic heterocycles. The minimum atomic E-state index is -0.157. The summed E-state index contributed by atoms with van der Waals surface area (Å²) >= 11 is 6.66. The minimum absolute atomic E-state index is 0.157. The van der Waals surface area contributed by atoms with Gasteiger partial charge < -0.3 is 20.1 Å². The van der Waals surface area contributed by atoms with Crippen LogP contribution in [0.15, 0.2) is 48.9 Å². The van der Waals surface area contributed by atoms with Crippen molar-refractivity contribution in [3.05, 3.63) is 98.0 Å². The second kappa shape index (κ2) is 10.3. The number of halogens is 3. The number of aryl methyl sites for hydroxylation is 1. The Bertz CT molecular complexity index is 1630. The molecule has 3 N–H and O–H groups in total. The Hall–Kier alpha value is -2.13. The molecule has 0 radical (unpaired) electrons. The standard InChI is InChI=1S/C27H20I3N3O3/c1-13-9-18-21(16-5-3-4-6-17(16)27(35)32-8-7-15-11-31-12-33-15)19-10-20(28)14(2)22(29)25(19)36-26(18)23(30)24(13)34/h3-6,9-12,34H,2,7-8H2,1H3,(H,31,33)(H,32,35). The zero-order valence-corrected chi connectivity index (χ0v) is 25.6. The number of nitrogens with one attached hydrogen (secondary N) is 2. The predicted octanol–water partition coefficient (Wildman–Crippen LogP) is 4.97. The van der Waals surface area contributed by atoms with Gasteiger partial charge in [-0.15, -0.1) is 0 Å². The molecule has 0 saturated carbocycles. The number of H-pyrrole nitrogens is 1. The molecule has 3 aromatic carbocycles. The number of aromatic amines is 1. The van der Waals surface area contributed by atoms with E-state index in [1.807, 2.05) is 37.3 Å². The topological polar surface area (TPSA) is 87.2 Å². The largest absolute Gasteiger partial charge is 0.506 e. The van der Waals surface area contributed by atoms with Crippen molar-refractivity contribution in [1.82, 2.24) is 15.3 Å². The fourth-order valence-electron chi connectivity index (χ4n) is 4.22. The number of phenols is 1. The Balaban J connectivity index is 1.72. The summed E-state index contributed by atoms with van der Waals surface area (Å²) in [5, 5.41) is 15.5. The maximum Gasteiger partial charge on any atom is 0.251 e. The number of amides is 1. The first kappa shape index (κ1) is 25.5. The smallest absolute Gasteiger partial charge is 0.251 e. The molecule has 6 nitrogen and oxygen atoms in total. The fourth-order valence-corrected chi connectivity index (χ4v) is 6.84. The summed E-state index contributed by atoms with van der Waals surface area (Å²) in [4.78, 5) is 20.5. The fraction of sp³-hybridized carbons (Fsp3) is 0.111. The highest BCUT2D eigenvalue weighted by Crippen LogP contribution is 2.45. The van der Waals surface area contributed by atoms with Crippen LogP contribution in [0.25, 0.3) is 12.2 Å². The lowest BCUT2D eigenvalue weighted by molar-refractivity contribution is 0.0954. The third-order valence-electron chi connectivity index (χ3n) is 6.07. The van der Waals surface area contributed by atoms with Gasteiger partial charge in [-0.25, -0.2) is 4.98 Å². The highest BCUT2D eigenvalue weighted by atomic mass is 127. The Morgan fingerprint density at radius 2 is 1.92 bits per heavy atom. The molecule has 0 saturated heterocycles. The van der Waals surface area contributed by atoms with Crippen LogP contribution in [0.4, 0.5) is 0 Å². The summed E-state index contributed by atoms with van der Waals surface area (Å²) in [5.74, 6) is 1.29. The first-order chi connectivity index (χ1) is 17.3. The van der Waals surface area contributed by atoms with Crippen LogP contribution in [0, 0.1) is 17.6 Å². The van der Waals surface area contributed by atoms with Gasteiger partial charge in [-0.1, -0.05) is 24.8 Å². The van der Waals surface area contributed by atoms with Crippen LogP contribution in [-0.2, 0) is 6.42 Å². The van der Waals surface area contributed by atoms with E-state index in [2.05, 4.69) is 95.7 Å². The minimum Gasteiger partial charge on any atom is -0.506 e. The first-order valence-corrected chi connectivity index (χ1v) is 14.3. The first-order valence-electron chi connectivity index (χ1n) is 11.0. The number of ether oxygens (including phenoxy) is 1. The van der Waals surface area contributed by atoms with Crippen LogP contribution in [0.2, 0.25) is 0 Å². The molecule has 0 atom stereocenters. The number of nitrogens with zero attached hydrogens (tertiary/aromatic N) is 1. The van der Waals surface area contributed by atoms with Crippen molar-refractivity contribution in [2.45, 2.75) is 13.3 Å². The van der Waals surface area contributed by atoms with Gasteiger partial charge in [0, 0.05) is 50.3 Å². The Morgan fingerprint density at radius 3 is 2.67 bits per heavy atom. The molecule has 1 aliphatic rings. The summed E-state index contributed by atoms with van der Waals surface area (Å²) in [6, 6.07) is 11.6. The Labute approximate surface area is 248 Å². The van der Waals surface area contributed by atoms with Gasteiger partial charge in [0.1, 0.15) is 11.5 Å². The van der Waals surface area contributed by atoms with Crippen molar-refractivity contribution in [3.8, 4) is 17.2 Å². The molecule has 0 unspecified atom stereocenters. The number of aromatic nitrogens is 2. The van der Waals surface area contributed by atoms with E-state index in [1.54, 1.807) is 12.5 Å². The second-order valence-electron chi connectivity index (χ2n) is 8.37. The molecular weight excluding hydrogens is 795 g/mol. The summed E-state index contributed by atoms with van der Waals surface area (Å²) in [6.45, 7) is 6.55. The molecular formula is C27H20I3N3O3. The number of imidazole rings is 1. The molecule has 1 aliphatic heterocycles. The molecule has 0 spiro atoms. The number of rotatable bonds is 5. The normalized spacial score (nSPS) is 12.1. The van der Waals surface area contributed by atoms with Crippen molar-refractivity contribution in [2.24, 2.45) is 0 Å². The molecule has 9 heteroatoms. The second-order valence-corrected chi connectivity index (χ2v) is 11.7. The number of fused-ring (bicyclic) bond motifs is 2. The van der Waals surface area contributed by atoms with Gasteiger partial charge in [0.2, 0.25) is 0 Å². The van der Waals surface area contributed by atoms with Crippen LogP contribution in [0.5, 0.6) is 17.2 Å². The average molecular weight is 815 g/mol. The van der Waals surface area contributed by atoms with E-state index >= 15 is 0 Å². The number of carbonyl (C=O) groups is 1.